The molecule has 0 aliphatic carbocycles. The third kappa shape index (κ3) is 10.2. The van der Waals surface area contributed by atoms with Crippen LogP contribution in [-0.4, -0.2) is 48.3 Å². The summed E-state index contributed by atoms with van der Waals surface area (Å²) in [5.41, 5.74) is 0.580. The van der Waals surface area contributed by atoms with Crippen molar-refractivity contribution in [1.29, 1.82) is 0 Å². The van der Waals surface area contributed by atoms with E-state index < -0.39 is 30.3 Å². The van der Waals surface area contributed by atoms with Gasteiger partial charge in [-0.15, -0.1) is 0 Å². The molecule has 0 radical (unpaired) electrons. The fourth-order valence-corrected chi connectivity index (χ4v) is 1.08. The largest absolute Gasteiger partial charge is 0.481 e. The molecule has 0 bridgehead atoms. The molecule has 0 atom stereocenters. The number of carbonyl (C=O) groups excluding carboxylic acids is 2. The highest BCUT2D eigenvalue weighted by Gasteiger charge is 2.12. The van der Waals surface area contributed by atoms with Crippen LogP contribution in [-0.2, 0) is 28.7 Å². The molecule has 0 aromatic heterocycles. The number of aliphatic carboxylic acids is 2. The van der Waals surface area contributed by atoms with Crippen LogP contribution in [0.25, 0.3) is 0 Å². The maximum atomic E-state index is 10.6. The Balaban J connectivity index is 0. The monoisotopic (exact) mass is 316 g/mol. The van der Waals surface area contributed by atoms with Gasteiger partial charge in [0.1, 0.15) is 0 Å². The molecule has 0 aromatic rings. The van der Waals surface area contributed by atoms with Crippen molar-refractivity contribution in [2.45, 2.75) is 26.7 Å². The first-order valence-corrected chi connectivity index (χ1v) is 6.01. The fraction of sp³-hybridized carbons (Fsp3) is 0.429. The van der Waals surface area contributed by atoms with Gasteiger partial charge in [-0.1, -0.05) is 12.2 Å². The van der Waals surface area contributed by atoms with Gasteiger partial charge in [0.15, 0.2) is 0 Å². The van der Waals surface area contributed by atoms with Crippen LogP contribution in [0, 0.1) is 0 Å². The molecule has 2 N–H and O–H groups in total. The molecule has 8 nitrogen and oxygen atoms in total. The van der Waals surface area contributed by atoms with Crippen molar-refractivity contribution in [1.82, 2.24) is 0 Å². The Morgan fingerprint density at radius 1 is 0.955 bits per heavy atom. The third-order valence-electron chi connectivity index (χ3n) is 2.25. The molecular weight excluding hydrogens is 296 g/mol. The Bertz CT molecular complexity index is 483. The third-order valence-corrected chi connectivity index (χ3v) is 2.25. The number of methoxy groups -OCH3 is 2. The smallest absolute Gasteiger partial charge is 0.333 e. The van der Waals surface area contributed by atoms with E-state index in [0.29, 0.717) is 5.57 Å². The van der Waals surface area contributed by atoms with Crippen LogP contribution in [0.5, 0.6) is 0 Å². The lowest BCUT2D eigenvalue weighted by atomic mass is 10.1. The number of allylic oxidation sites excluding steroid dienone is 1. The summed E-state index contributed by atoms with van der Waals surface area (Å²) in [5.74, 6) is -3.37. The van der Waals surface area contributed by atoms with Gasteiger partial charge in [-0.3, -0.25) is 9.59 Å². The molecule has 0 heterocycles. The van der Waals surface area contributed by atoms with Gasteiger partial charge in [-0.05, 0) is 13.8 Å². The van der Waals surface area contributed by atoms with Gasteiger partial charge < -0.3 is 19.7 Å². The second-order valence-electron chi connectivity index (χ2n) is 4.20. The van der Waals surface area contributed by atoms with E-state index >= 15 is 0 Å². The van der Waals surface area contributed by atoms with Crippen molar-refractivity contribution in [2.24, 2.45) is 0 Å². The Hall–Kier alpha value is -2.64. The van der Waals surface area contributed by atoms with Gasteiger partial charge in [0.05, 0.1) is 27.1 Å². The Morgan fingerprint density at radius 2 is 1.45 bits per heavy atom. The number of carboxylic acids is 2. The van der Waals surface area contributed by atoms with E-state index in [9.17, 15) is 19.2 Å². The Labute approximate surface area is 128 Å². The van der Waals surface area contributed by atoms with E-state index in [1.165, 1.54) is 14.2 Å². The van der Waals surface area contributed by atoms with E-state index in [-0.39, 0.29) is 17.6 Å². The highest BCUT2D eigenvalue weighted by atomic mass is 16.5. The first-order valence-electron chi connectivity index (χ1n) is 6.01. The van der Waals surface area contributed by atoms with Crippen molar-refractivity contribution in [3.63, 3.8) is 0 Å². The Kier molecular flexibility index (Phi) is 10.9. The van der Waals surface area contributed by atoms with Gasteiger partial charge >= 0.3 is 23.9 Å². The van der Waals surface area contributed by atoms with Crippen molar-refractivity contribution < 1.29 is 38.9 Å². The van der Waals surface area contributed by atoms with Crippen LogP contribution in [0.4, 0.5) is 0 Å². The molecule has 0 amide bonds. The van der Waals surface area contributed by atoms with Crippen LogP contribution in [0.3, 0.4) is 0 Å². The summed E-state index contributed by atoms with van der Waals surface area (Å²) < 4.78 is 8.62. The highest BCUT2D eigenvalue weighted by Crippen LogP contribution is 2.07. The number of carbonyl (C=O) groups is 4. The molecule has 0 fully saturated rings. The van der Waals surface area contributed by atoms with Crippen molar-refractivity contribution in [3.05, 3.63) is 23.3 Å². The van der Waals surface area contributed by atoms with E-state index in [4.69, 9.17) is 10.2 Å². The molecule has 124 valence electrons. The lowest BCUT2D eigenvalue weighted by Gasteiger charge is -2.00. The molecule has 0 aromatic carbocycles. The first kappa shape index (κ1) is 21.7. The summed E-state index contributed by atoms with van der Waals surface area (Å²) in [7, 11) is 2.47. The summed E-state index contributed by atoms with van der Waals surface area (Å²) in [6.45, 7) is 6.49. The summed E-state index contributed by atoms with van der Waals surface area (Å²) in [6, 6.07) is 0. The molecule has 0 aliphatic rings. The van der Waals surface area contributed by atoms with Crippen LogP contribution >= 0.6 is 0 Å². The highest BCUT2D eigenvalue weighted by molar-refractivity contribution is 5.93. The van der Waals surface area contributed by atoms with E-state index in [1.807, 2.05) is 0 Å². The maximum Gasteiger partial charge on any atom is 0.333 e. The predicted molar refractivity (Wildman–Crippen MR) is 76.1 cm³/mol. The quantitative estimate of drug-likeness (QED) is 0.552. The summed E-state index contributed by atoms with van der Waals surface area (Å²) >= 11 is 0. The topological polar surface area (TPSA) is 127 Å². The first-order chi connectivity index (χ1) is 10.1. The maximum absolute atomic E-state index is 10.6. The van der Waals surface area contributed by atoms with Crippen molar-refractivity contribution in [2.75, 3.05) is 14.2 Å². The second-order valence-corrected chi connectivity index (χ2v) is 4.20. The summed E-state index contributed by atoms with van der Waals surface area (Å²) in [6.07, 6.45) is -0.541. The molecule has 8 heteroatoms. The standard InChI is InChI=1S/2C7H10O4/c1-5(7(9)11-3)4-6(8)10-2;1-4(2)5(7(10)11)3-6(8)9/h1,4H2,2-3H3;3H2,1-2H3,(H,8,9)(H,10,11). The average Bonchev–Trinajstić information content (AvgIpc) is 2.43. The van der Waals surface area contributed by atoms with E-state index in [2.05, 4.69) is 16.1 Å². The zero-order valence-corrected chi connectivity index (χ0v) is 13.0. The Morgan fingerprint density at radius 3 is 1.68 bits per heavy atom. The lowest BCUT2D eigenvalue weighted by Crippen LogP contribution is -2.09. The van der Waals surface area contributed by atoms with Gasteiger partial charge in [-0.25, -0.2) is 9.59 Å². The molecule has 22 heavy (non-hydrogen) atoms. The van der Waals surface area contributed by atoms with E-state index in [1.54, 1.807) is 13.8 Å². The van der Waals surface area contributed by atoms with Crippen LogP contribution in [0.2, 0.25) is 0 Å². The molecule has 0 unspecified atom stereocenters. The molecular formula is C14H20O8. The number of hydrogen-bond donors (Lipinski definition) is 2. The second kappa shape index (κ2) is 11.1. The molecule has 0 saturated carbocycles. The molecule has 0 aliphatic heterocycles. The SMILES string of the molecule is C=C(CC(=O)OC)C(=O)OC.CC(C)=C(CC(=O)O)C(=O)O. The van der Waals surface area contributed by atoms with Gasteiger partial charge in [0, 0.05) is 11.1 Å². The number of carboxylic acid groups (broad SMARTS) is 2. The minimum absolute atomic E-state index is 0.0440. The zero-order valence-electron chi connectivity index (χ0n) is 13.0. The minimum Gasteiger partial charge on any atom is -0.481 e. The molecule has 0 rings (SSSR count). The van der Waals surface area contributed by atoms with Crippen molar-refractivity contribution in [3.8, 4) is 0 Å². The summed E-state index contributed by atoms with van der Waals surface area (Å²) in [5, 5.41) is 16.8. The van der Waals surface area contributed by atoms with Gasteiger partial charge in [0.25, 0.3) is 0 Å². The fourth-order valence-electron chi connectivity index (χ4n) is 1.08. The number of ether oxygens (including phenoxy) is 2. The zero-order chi connectivity index (χ0) is 17.9. The normalized spacial score (nSPS) is 8.73. The molecule has 0 spiro atoms. The van der Waals surface area contributed by atoms with E-state index in [0.717, 1.165) is 0 Å². The van der Waals surface area contributed by atoms with Gasteiger partial charge in [0.2, 0.25) is 0 Å². The number of rotatable bonds is 6. The van der Waals surface area contributed by atoms with Crippen LogP contribution in [0.1, 0.15) is 26.7 Å². The number of hydrogen-bond acceptors (Lipinski definition) is 6. The van der Waals surface area contributed by atoms with Crippen LogP contribution < -0.4 is 0 Å². The average molecular weight is 316 g/mol. The minimum atomic E-state index is -1.16. The summed E-state index contributed by atoms with van der Waals surface area (Å²) in [4.78, 5) is 41.7. The molecule has 0 saturated heterocycles. The van der Waals surface area contributed by atoms with Crippen LogP contribution in [0.15, 0.2) is 23.3 Å². The predicted octanol–water partition coefficient (Wildman–Crippen LogP) is 1.16. The van der Waals surface area contributed by atoms with Crippen molar-refractivity contribution >= 4 is 23.9 Å². The number of esters is 2. The lowest BCUT2D eigenvalue weighted by molar-refractivity contribution is -0.143. The van der Waals surface area contributed by atoms with Gasteiger partial charge in [-0.2, -0.15) is 0 Å².